The molecule has 0 bridgehead atoms. The summed E-state index contributed by atoms with van der Waals surface area (Å²) in [6, 6.07) is 10.9. The number of methoxy groups -OCH3 is 1. The first-order chi connectivity index (χ1) is 15.1. The molecule has 31 heavy (non-hydrogen) atoms. The van der Waals surface area contributed by atoms with Crippen LogP contribution in [0.4, 0.5) is 0 Å². The molecule has 1 aromatic heterocycles. The minimum absolute atomic E-state index is 0.0830. The number of carbonyl (C=O) groups excluding carboxylic acids is 2. The van der Waals surface area contributed by atoms with Gasteiger partial charge in [0.1, 0.15) is 23.8 Å². The van der Waals surface area contributed by atoms with E-state index < -0.39 is 0 Å². The number of benzene rings is 1. The lowest BCUT2D eigenvalue weighted by Crippen LogP contribution is -2.41. The summed E-state index contributed by atoms with van der Waals surface area (Å²) in [5, 5.41) is 11.5. The lowest BCUT2D eigenvalue weighted by atomic mass is 9.98. The van der Waals surface area contributed by atoms with Crippen molar-refractivity contribution in [3.05, 3.63) is 52.4 Å². The first kappa shape index (κ1) is 21.4. The van der Waals surface area contributed by atoms with Gasteiger partial charge in [-0.1, -0.05) is 6.07 Å². The van der Waals surface area contributed by atoms with Crippen LogP contribution < -0.4 is 9.47 Å². The average molecular weight is 443 g/mol. The number of imide groups is 1. The van der Waals surface area contributed by atoms with E-state index in [2.05, 4.69) is 0 Å². The van der Waals surface area contributed by atoms with E-state index in [1.807, 2.05) is 22.4 Å². The maximum Gasteiger partial charge on any atom is 0.278 e. The number of thiophene rings is 1. The molecule has 0 aliphatic carbocycles. The highest BCUT2D eigenvalue weighted by molar-refractivity contribution is 7.11. The minimum Gasteiger partial charge on any atom is -0.497 e. The fourth-order valence-corrected chi connectivity index (χ4v) is 4.81. The van der Waals surface area contributed by atoms with E-state index in [1.165, 1.54) is 16.2 Å². The van der Waals surface area contributed by atoms with Gasteiger partial charge in [-0.25, -0.2) is 0 Å². The molecular weight excluding hydrogens is 416 g/mol. The molecule has 0 saturated carbocycles. The molecule has 1 unspecified atom stereocenters. The number of carbonyl (C=O) groups is 2. The van der Waals surface area contributed by atoms with Gasteiger partial charge in [0, 0.05) is 24.6 Å². The summed E-state index contributed by atoms with van der Waals surface area (Å²) in [6.45, 7) is 1.74. The highest BCUT2D eigenvalue weighted by Crippen LogP contribution is 2.35. The Hall–Kier alpha value is -2.84. The summed E-state index contributed by atoms with van der Waals surface area (Å²) in [7, 11) is 1.60. The van der Waals surface area contributed by atoms with Crippen molar-refractivity contribution in [3.8, 4) is 11.5 Å². The molecule has 1 aromatic carbocycles. The molecule has 1 N–H and O–H groups in total. The molecule has 3 heterocycles. The molecule has 2 aliphatic heterocycles. The molecule has 1 fully saturated rings. The van der Waals surface area contributed by atoms with Crippen LogP contribution in [0.5, 0.6) is 11.5 Å². The molecule has 2 aliphatic rings. The van der Waals surface area contributed by atoms with Gasteiger partial charge in [0.2, 0.25) is 0 Å². The van der Waals surface area contributed by atoms with Gasteiger partial charge >= 0.3 is 0 Å². The maximum absolute atomic E-state index is 13.3. The molecule has 0 radical (unpaired) electrons. The Kier molecular flexibility index (Phi) is 6.58. The second-order valence-electron chi connectivity index (χ2n) is 7.62. The van der Waals surface area contributed by atoms with Crippen LogP contribution in [0, 0.1) is 5.92 Å². The lowest BCUT2D eigenvalue weighted by molar-refractivity contribution is -0.138. The number of hydrogen-bond donors (Lipinski definition) is 1. The van der Waals surface area contributed by atoms with E-state index in [-0.39, 0.29) is 37.5 Å². The van der Waals surface area contributed by atoms with E-state index in [1.54, 1.807) is 31.4 Å². The first-order valence-electron chi connectivity index (χ1n) is 10.4. The van der Waals surface area contributed by atoms with Crippen LogP contribution in [0.25, 0.3) is 5.57 Å². The predicted octanol–water partition coefficient (Wildman–Crippen LogP) is 2.62. The number of nitrogens with zero attached hydrogens (tertiary/aromatic N) is 2. The number of piperidine rings is 1. The first-order valence-corrected chi connectivity index (χ1v) is 11.3. The third kappa shape index (κ3) is 4.45. The van der Waals surface area contributed by atoms with E-state index in [0.717, 1.165) is 23.5 Å². The van der Waals surface area contributed by atoms with Gasteiger partial charge in [0.25, 0.3) is 11.8 Å². The molecule has 164 valence electrons. The van der Waals surface area contributed by atoms with Crippen LogP contribution in [-0.2, 0) is 9.59 Å². The zero-order valence-electron chi connectivity index (χ0n) is 17.5. The zero-order chi connectivity index (χ0) is 21.8. The summed E-state index contributed by atoms with van der Waals surface area (Å²) in [5.74, 6) is 0.918. The Labute approximate surface area is 185 Å². The third-order valence-electron chi connectivity index (χ3n) is 5.65. The summed E-state index contributed by atoms with van der Waals surface area (Å²) < 4.78 is 10.9. The Morgan fingerprint density at radius 3 is 2.58 bits per heavy atom. The van der Waals surface area contributed by atoms with Crippen molar-refractivity contribution in [2.45, 2.75) is 12.8 Å². The summed E-state index contributed by atoms with van der Waals surface area (Å²) in [6.07, 6.45) is 1.81. The SMILES string of the molecule is COc1ccc(OCCN2C(=O)C(c3cccs3)=C(N3CCCC(CO)C3)C2=O)cc1. The van der Waals surface area contributed by atoms with Gasteiger partial charge in [-0.05, 0) is 54.5 Å². The fourth-order valence-electron chi connectivity index (χ4n) is 4.05. The van der Waals surface area contributed by atoms with Gasteiger partial charge in [0.15, 0.2) is 0 Å². The van der Waals surface area contributed by atoms with Crippen molar-refractivity contribution in [2.75, 3.05) is 40.0 Å². The summed E-state index contributed by atoms with van der Waals surface area (Å²) in [4.78, 5) is 30.6. The topological polar surface area (TPSA) is 79.3 Å². The molecule has 2 aromatic rings. The minimum atomic E-state index is -0.287. The van der Waals surface area contributed by atoms with Crippen molar-refractivity contribution in [2.24, 2.45) is 5.92 Å². The summed E-state index contributed by atoms with van der Waals surface area (Å²) in [5.41, 5.74) is 0.915. The molecule has 8 heteroatoms. The van der Waals surface area contributed by atoms with E-state index in [0.29, 0.717) is 30.1 Å². The standard InChI is InChI=1S/C23H26N2O5S/c1-29-17-6-8-18(9-7-17)30-12-11-25-22(27)20(19-5-3-13-31-19)21(23(25)28)24-10-2-4-16(14-24)15-26/h3,5-9,13,16,26H,2,4,10-12,14-15H2,1H3. The Morgan fingerprint density at radius 1 is 1.13 bits per heavy atom. The van der Waals surface area contributed by atoms with E-state index >= 15 is 0 Å². The summed E-state index contributed by atoms with van der Waals surface area (Å²) >= 11 is 1.45. The number of aliphatic hydroxyl groups excluding tert-OH is 1. The van der Waals surface area contributed by atoms with Gasteiger partial charge in [-0.15, -0.1) is 11.3 Å². The second-order valence-corrected chi connectivity index (χ2v) is 8.57. The average Bonchev–Trinajstić information content (AvgIpc) is 3.41. The van der Waals surface area contributed by atoms with E-state index in [9.17, 15) is 14.7 Å². The number of amides is 2. The van der Waals surface area contributed by atoms with Gasteiger partial charge in [-0.2, -0.15) is 0 Å². The van der Waals surface area contributed by atoms with Gasteiger partial charge in [-0.3, -0.25) is 14.5 Å². The van der Waals surface area contributed by atoms with Crippen LogP contribution in [0.3, 0.4) is 0 Å². The number of hydrogen-bond acceptors (Lipinski definition) is 7. The second kappa shape index (κ2) is 9.53. The van der Waals surface area contributed by atoms with Crippen molar-refractivity contribution < 1.29 is 24.2 Å². The highest BCUT2D eigenvalue weighted by Gasteiger charge is 2.42. The van der Waals surface area contributed by atoms with Crippen LogP contribution in [-0.4, -0.2) is 66.7 Å². The number of aliphatic hydroxyl groups is 1. The number of likely N-dealkylation sites (tertiary alicyclic amines) is 1. The Morgan fingerprint density at radius 2 is 1.90 bits per heavy atom. The maximum atomic E-state index is 13.3. The Bertz CT molecular complexity index is 955. The zero-order valence-corrected chi connectivity index (χ0v) is 18.3. The van der Waals surface area contributed by atoms with Crippen LogP contribution >= 0.6 is 11.3 Å². The predicted molar refractivity (Wildman–Crippen MR) is 118 cm³/mol. The molecule has 1 saturated heterocycles. The molecule has 2 amide bonds. The lowest BCUT2D eigenvalue weighted by Gasteiger charge is -2.34. The highest BCUT2D eigenvalue weighted by atomic mass is 32.1. The molecule has 1 atom stereocenters. The quantitative estimate of drug-likeness (QED) is 0.633. The fraction of sp³-hybridized carbons (Fsp3) is 0.391. The van der Waals surface area contributed by atoms with Crippen LogP contribution in [0.2, 0.25) is 0 Å². The molecule has 7 nitrogen and oxygen atoms in total. The van der Waals surface area contributed by atoms with Crippen molar-refractivity contribution in [1.82, 2.24) is 9.80 Å². The van der Waals surface area contributed by atoms with Crippen molar-refractivity contribution in [3.63, 3.8) is 0 Å². The normalized spacial score (nSPS) is 19.4. The number of ether oxygens (including phenoxy) is 2. The third-order valence-corrected chi connectivity index (χ3v) is 6.53. The monoisotopic (exact) mass is 442 g/mol. The smallest absolute Gasteiger partial charge is 0.278 e. The number of rotatable bonds is 8. The van der Waals surface area contributed by atoms with Gasteiger partial charge in [0.05, 0.1) is 19.2 Å². The van der Waals surface area contributed by atoms with Crippen LogP contribution in [0.1, 0.15) is 17.7 Å². The largest absolute Gasteiger partial charge is 0.497 e. The Balaban J connectivity index is 1.50. The van der Waals surface area contributed by atoms with E-state index in [4.69, 9.17) is 9.47 Å². The van der Waals surface area contributed by atoms with Crippen LogP contribution in [0.15, 0.2) is 47.5 Å². The van der Waals surface area contributed by atoms with Gasteiger partial charge < -0.3 is 19.5 Å². The molecular formula is C23H26N2O5S. The molecule has 0 spiro atoms. The molecule has 4 rings (SSSR count). The van der Waals surface area contributed by atoms with Crippen molar-refractivity contribution >= 4 is 28.7 Å². The van der Waals surface area contributed by atoms with Crippen molar-refractivity contribution in [1.29, 1.82) is 0 Å².